The third-order valence-electron chi connectivity index (χ3n) is 31.6. The zero-order valence-corrected chi connectivity index (χ0v) is 69.3. The van der Waals surface area contributed by atoms with Crippen molar-refractivity contribution in [1.29, 1.82) is 0 Å². The van der Waals surface area contributed by atoms with E-state index in [4.69, 9.17) is 0 Å². The summed E-state index contributed by atoms with van der Waals surface area (Å²) in [5.41, 5.74) is 38.9. The Morgan fingerprint density at radius 1 is 0.186 bits per heavy atom. The maximum atomic E-state index is 3.01. The van der Waals surface area contributed by atoms with E-state index < -0.39 is 25.9 Å². The minimum Gasteiger partial charge on any atom is -0.0623 e. The molecule has 528 valence electrons. The second-order valence-electron chi connectivity index (χ2n) is 43.4. The van der Waals surface area contributed by atoms with Crippen LogP contribution in [0.15, 0.2) is 133 Å². The fourth-order valence-electron chi connectivity index (χ4n) is 24.2. The molecule has 0 fully saturated rings. The Hall–Kier alpha value is -5.81. The molecule has 0 saturated carbocycles. The minimum atomic E-state index is -2.18. The van der Waals surface area contributed by atoms with Crippen molar-refractivity contribution in [1.82, 2.24) is 0 Å². The molecule has 102 heavy (non-hydrogen) atoms. The Balaban J connectivity index is 1.17. The van der Waals surface area contributed by atoms with Crippen molar-refractivity contribution >= 4 is 26.2 Å². The smallest absolute Gasteiger partial charge is 0.0540 e. The maximum Gasteiger partial charge on any atom is 0.0540 e. The van der Waals surface area contributed by atoms with E-state index in [0.29, 0.717) is 0 Å². The highest BCUT2D eigenvalue weighted by molar-refractivity contribution is 7.12. The zero-order valence-electron chi connectivity index (χ0n) is 67.3. The topological polar surface area (TPSA) is 0 Å². The van der Waals surface area contributed by atoms with Crippen LogP contribution in [-0.4, -0.2) is 15.8 Å². The Labute approximate surface area is 619 Å². The van der Waals surface area contributed by atoms with Gasteiger partial charge in [0.1, 0.15) is 0 Å². The summed E-state index contributed by atoms with van der Waals surface area (Å²) < 4.78 is 0. The molecule has 8 aromatic carbocycles. The third-order valence-corrected chi connectivity index (χ3v) is 42.5. The molecule has 4 bridgehead atoms. The lowest BCUT2D eigenvalue weighted by molar-refractivity contribution is 0.328. The van der Waals surface area contributed by atoms with Gasteiger partial charge in [-0.25, -0.2) is 0 Å². The largest absolute Gasteiger partial charge is 0.0623 e. The Bertz CT molecular complexity index is 4310. The lowest BCUT2D eigenvalue weighted by Gasteiger charge is -2.59. The molecule has 0 N–H and O–H groups in total. The quantitative estimate of drug-likeness (QED) is 0.154. The van der Waals surface area contributed by atoms with Gasteiger partial charge < -0.3 is 0 Å². The first kappa shape index (κ1) is 68.0. The van der Waals surface area contributed by atoms with E-state index in [9.17, 15) is 0 Å². The van der Waals surface area contributed by atoms with Crippen molar-refractivity contribution in [2.45, 2.75) is 330 Å². The average molecular weight is 1380 g/mol. The maximum absolute atomic E-state index is 3.01. The molecule has 0 spiro atoms. The van der Waals surface area contributed by atoms with Gasteiger partial charge in [0.05, 0.1) is 25.9 Å². The van der Waals surface area contributed by atoms with Crippen LogP contribution in [0.25, 0.3) is 0 Å². The van der Waals surface area contributed by atoms with E-state index >= 15 is 0 Å². The normalized spacial score (nSPS) is 27.7. The number of fused-ring (bicyclic) bond motifs is 6. The van der Waals surface area contributed by atoms with Gasteiger partial charge in [-0.3, -0.25) is 0 Å². The van der Waals surface area contributed by atoms with Gasteiger partial charge in [0, 0.05) is 11.8 Å². The highest BCUT2D eigenvalue weighted by Gasteiger charge is 2.64. The first-order valence-electron chi connectivity index (χ1n) is 40.5. The molecule has 8 aromatic rings. The summed E-state index contributed by atoms with van der Waals surface area (Å²) in [6.45, 7) is 62.9. The SMILES string of the molecule is CC1(C)CCC(C)(C)c2cc3c(cc21)C1c2cc4c(cc2C3(/[Si](c2ccccc2)=[Si](\c2ccccc2)C23c5cc6c(cc5C(c5cc7c(cc52)C(C)(C)CCC7(C)C)c2cc5c(cc23)C(C)(C)CCC5(C)C)C(C)(C)CCC6(C)C)c2cc3c(cc21)C(C)(C)CCC3(C)C)C(C)(C)CCC4(C)C. The standard InChI is InChI=1S/C100H120Si2/c1-87(2)35-41-93(13,14)79-53-67-61(47-73(79)87)85-62-48-74-80(94(15,16)42-36-88(74,3)4)54-68(62)99(67,69-55-81-75(49-63(69)85)89(5,6)37-43-95(81,17)18)101(59-31-27-25-28-32-59)102(60-33-29-26-30-34-60)100-70-56-82-76(90(7,8)38-44-96(82,19)20)50-64(70)86(65-51-77-83(57-71(65)100)97(21,22)45-39-91(77,9)10)66-52-78-84(58-72(66)100)98(23,24)46-40-92(78,11)12/h25-34,47-58,85-86H,35-46H2,1-24H3/b102-101+. The van der Waals surface area contributed by atoms with Crippen molar-refractivity contribution in [2.24, 2.45) is 0 Å². The summed E-state index contributed by atoms with van der Waals surface area (Å²) >= 11 is 0. The van der Waals surface area contributed by atoms with Crippen molar-refractivity contribution in [3.05, 3.63) is 267 Å². The van der Waals surface area contributed by atoms with Crippen LogP contribution in [0, 0.1) is 0 Å². The van der Waals surface area contributed by atoms with Crippen LogP contribution in [0.1, 0.15) is 389 Å². The molecule has 0 nitrogen and oxygen atoms in total. The summed E-state index contributed by atoms with van der Waals surface area (Å²) in [4.78, 5) is 0. The molecular weight excluding hydrogens is 1260 g/mol. The van der Waals surface area contributed by atoms with Crippen molar-refractivity contribution < 1.29 is 0 Å². The van der Waals surface area contributed by atoms with Crippen LogP contribution in [-0.2, 0) is 75.1 Å². The van der Waals surface area contributed by atoms with E-state index in [1.807, 2.05) is 0 Å². The highest BCUT2D eigenvalue weighted by Crippen LogP contribution is 2.69. The molecule has 0 heterocycles. The van der Waals surface area contributed by atoms with Gasteiger partial charge in [-0.05, 0) is 286 Å². The Morgan fingerprint density at radius 2 is 0.324 bits per heavy atom. The van der Waals surface area contributed by atoms with Crippen molar-refractivity contribution in [2.75, 3.05) is 0 Å². The molecule has 12 aliphatic rings. The summed E-state index contributed by atoms with van der Waals surface area (Å²) in [7, 11) is -4.35. The van der Waals surface area contributed by atoms with E-state index in [-0.39, 0.29) is 76.8 Å². The predicted molar refractivity (Wildman–Crippen MR) is 436 cm³/mol. The van der Waals surface area contributed by atoms with Crippen LogP contribution in [0.3, 0.4) is 0 Å². The lowest BCUT2D eigenvalue weighted by Crippen LogP contribution is -2.65. The molecule has 2 heteroatoms. The molecule has 0 saturated heterocycles. The first-order chi connectivity index (χ1) is 47.4. The van der Waals surface area contributed by atoms with Gasteiger partial charge in [0.2, 0.25) is 0 Å². The Kier molecular flexibility index (Phi) is 13.8. The van der Waals surface area contributed by atoms with Gasteiger partial charge in [-0.2, -0.15) is 0 Å². The van der Waals surface area contributed by atoms with Gasteiger partial charge in [-0.15, -0.1) is 0 Å². The van der Waals surface area contributed by atoms with Crippen LogP contribution in [0.4, 0.5) is 0 Å². The third kappa shape index (κ3) is 8.84. The van der Waals surface area contributed by atoms with E-state index in [0.717, 1.165) is 0 Å². The molecule has 12 aliphatic carbocycles. The number of hydrogen-bond acceptors (Lipinski definition) is 0. The Morgan fingerprint density at radius 3 is 0.471 bits per heavy atom. The molecule has 0 aromatic heterocycles. The number of hydrogen-bond donors (Lipinski definition) is 0. The zero-order chi connectivity index (χ0) is 72.4. The molecule has 0 unspecified atom stereocenters. The molecule has 0 amide bonds. The monoisotopic (exact) mass is 1380 g/mol. The fourth-order valence-corrected chi connectivity index (χ4v) is 37.7. The van der Waals surface area contributed by atoms with E-state index in [2.05, 4.69) is 300 Å². The van der Waals surface area contributed by atoms with E-state index in [1.54, 1.807) is 144 Å². The van der Waals surface area contributed by atoms with Gasteiger partial charge in [0.25, 0.3) is 0 Å². The van der Waals surface area contributed by atoms with Crippen LogP contribution < -0.4 is 10.4 Å². The molecule has 20 rings (SSSR count). The van der Waals surface area contributed by atoms with Crippen molar-refractivity contribution in [3.63, 3.8) is 0 Å². The molecular formula is C100H120Si2. The summed E-state index contributed by atoms with van der Waals surface area (Å²) in [6, 6.07) is 61.4. The summed E-state index contributed by atoms with van der Waals surface area (Å²) in [6.07, 6.45) is 14.2. The van der Waals surface area contributed by atoms with Gasteiger partial charge in [-0.1, -0.05) is 300 Å². The second kappa shape index (κ2) is 20.7. The number of rotatable bonds is 4. The van der Waals surface area contributed by atoms with E-state index in [1.165, 1.54) is 77.0 Å². The number of benzene rings is 8. The first-order valence-corrected chi connectivity index (χ1v) is 44.5. The average Bonchev–Trinajstić information content (AvgIpc) is 0.643. The highest BCUT2D eigenvalue weighted by atomic mass is 28.9. The molecule has 0 atom stereocenters. The summed E-state index contributed by atoms with van der Waals surface area (Å²) in [5.74, 6) is 0.192. The fraction of sp³-hybridized carbons (Fsp3) is 0.520. The van der Waals surface area contributed by atoms with Gasteiger partial charge >= 0.3 is 0 Å². The molecule has 0 aliphatic heterocycles. The molecule has 0 radical (unpaired) electrons. The van der Waals surface area contributed by atoms with Crippen LogP contribution in [0.2, 0.25) is 0 Å². The predicted octanol–water partition coefficient (Wildman–Crippen LogP) is 23.7. The lowest BCUT2D eigenvalue weighted by atomic mass is 9.53. The van der Waals surface area contributed by atoms with Crippen molar-refractivity contribution in [3.8, 4) is 0 Å². The van der Waals surface area contributed by atoms with Crippen LogP contribution in [0.5, 0.6) is 0 Å². The minimum absolute atomic E-state index is 0.0176. The second-order valence-corrected chi connectivity index (χ2v) is 50.5. The van der Waals surface area contributed by atoms with Gasteiger partial charge in [0.15, 0.2) is 0 Å². The van der Waals surface area contributed by atoms with Crippen LogP contribution >= 0.6 is 0 Å². The summed E-state index contributed by atoms with van der Waals surface area (Å²) in [5, 5.41) is 2.03.